The fourth-order valence-electron chi connectivity index (χ4n) is 5.19. The highest BCUT2D eigenvalue weighted by Crippen LogP contribution is 2.33. The minimum absolute atomic E-state index is 0.100. The summed E-state index contributed by atoms with van der Waals surface area (Å²) in [5.41, 5.74) is 1.53. The van der Waals surface area contributed by atoms with Gasteiger partial charge in [0, 0.05) is 35.6 Å². The molecule has 4 aromatic carbocycles. The van der Waals surface area contributed by atoms with E-state index < -0.39 is 34.4 Å². The van der Waals surface area contributed by atoms with Crippen LogP contribution in [0.2, 0.25) is 10.0 Å². The summed E-state index contributed by atoms with van der Waals surface area (Å²) in [6, 6.07) is 23.6. The first-order valence-corrected chi connectivity index (χ1v) is 17.7. The molecule has 13 heteroatoms. The van der Waals surface area contributed by atoms with Gasteiger partial charge in [-0.05, 0) is 73.5 Å². The summed E-state index contributed by atoms with van der Waals surface area (Å²) in [6.45, 7) is 3.60. The average molecular weight is 729 g/mol. The Hall–Kier alpha value is -4.45. The number of carbonyl (C=O) groups is 2. The SMILES string of the molecule is CCNC(=O)C(Cc1ccccc1)N(Cc1ccc(Cl)cc1Cl)C(=O)CN(c1ccc(OCC)cc1)S(=O)(=O)c1ccc(OC)c(OC)c1. The zero-order valence-corrected chi connectivity index (χ0v) is 30.0. The molecule has 0 fully saturated rings. The second-order valence-electron chi connectivity index (χ2n) is 10.8. The molecule has 4 aromatic rings. The fraction of sp³-hybridized carbons (Fsp3) is 0.278. The number of likely N-dealkylation sites (N-methyl/N-ethyl adjacent to an activating group) is 1. The first-order chi connectivity index (χ1) is 23.5. The number of carbonyl (C=O) groups excluding carboxylic acids is 2. The van der Waals surface area contributed by atoms with E-state index >= 15 is 0 Å². The molecular formula is C36H39Cl2N3O7S. The number of anilines is 1. The summed E-state index contributed by atoms with van der Waals surface area (Å²) in [6.07, 6.45) is 0.162. The van der Waals surface area contributed by atoms with E-state index in [9.17, 15) is 18.0 Å². The molecule has 1 unspecified atom stereocenters. The van der Waals surface area contributed by atoms with Crippen molar-refractivity contribution in [3.05, 3.63) is 112 Å². The Morgan fingerprint density at radius 1 is 0.857 bits per heavy atom. The van der Waals surface area contributed by atoms with E-state index in [2.05, 4.69) is 5.32 Å². The number of nitrogens with zero attached hydrogens (tertiary/aromatic N) is 2. The maximum absolute atomic E-state index is 14.6. The number of benzene rings is 4. The Balaban J connectivity index is 1.84. The monoisotopic (exact) mass is 727 g/mol. The number of amides is 2. The maximum atomic E-state index is 14.6. The third-order valence-corrected chi connectivity index (χ3v) is 9.99. The minimum atomic E-state index is -4.40. The lowest BCUT2D eigenvalue weighted by Crippen LogP contribution is -2.53. The van der Waals surface area contributed by atoms with Crippen LogP contribution in [0.3, 0.4) is 0 Å². The summed E-state index contributed by atoms with van der Waals surface area (Å²) in [5, 5.41) is 3.53. The van der Waals surface area contributed by atoms with E-state index in [4.69, 9.17) is 37.4 Å². The Morgan fingerprint density at radius 3 is 2.16 bits per heavy atom. The van der Waals surface area contributed by atoms with Crippen LogP contribution in [0.15, 0.2) is 95.9 Å². The zero-order valence-electron chi connectivity index (χ0n) is 27.7. The number of hydrogen-bond donors (Lipinski definition) is 1. The zero-order chi connectivity index (χ0) is 35.6. The van der Waals surface area contributed by atoms with Gasteiger partial charge in [0.2, 0.25) is 11.8 Å². The van der Waals surface area contributed by atoms with Crippen LogP contribution >= 0.6 is 23.2 Å². The van der Waals surface area contributed by atoms with Gasteiger partial charge in [-0.2, -0.15) is 0 Å². The van der Waals surface area contributed by atoms with E-state index in [0.717, 1.165) is 9.87 Å². The summed E-state index contributed by atoms with van der Waals surface area (Å²) >= 11 is 12.7. The molecule has 0 aliphatic carbocycles. The van der Waals surface area contributed by atoms with Gasteiger partial charge >= 0.3 is 0 Å². The van der Waals surface area contributed by atoms with Crippen molar-refractivity contribution in [1.29, 1.82) is 0 Å². The number of nitrogens with one attached hydrogen (secondary N) is 1. The van der Waals surface area contributed by atoms with Crippen molar-refractivity contribution < 1.29 is 32.2 Å². The van der Waals surface area contributed by atoms with Crippen LogP contribution < -0.4 is 23.8 Å². The second kappa shape index (κ2) is 17.3. The van der Waals surface area contributed by atoms with Gasteiger partial charge in [-0.25, -0.2) is 8.42 Å². The van der Waals surface area contributed by atoms with Gasteiger partial charge in [0.1, 0.15) is 18.3 Å². The quantitative estimate of drug-likeness (QED) is 0.143. The van der Waals surface area contributed by atoms with Gasteiger partial charge in [0.15, 0.2) is 11.5 Å². The summed E-state index contributed by atoms with van der Waals surface area (Å²) in [5.74, 6) is 0.0112. The van der Waals surface area contributed by atoms with Crippen molar-refractivity contribution in [2.24, 2.45) is 0 Å². The molecule has 10 nitrogen and oxygen atoms in total. The number of sulfonamides is 1. The van der Waals surface area contributed by atoms with Crippen molar-refractivity contribution in [2.75, 3.05) is 38.2 Å². The van der Waals surface area contributed by atoms with Gasteiger partial charge in [0.05, 0.1) is 31.4 Å². The van der Waals surface area contributed by atoms with Gasteiger partial charge in [0.25, 0.3) is 10.0 Å². The van der Waals surface area contributed by atoms with Crippen LogP contribution in [0, 0.1) is 0 Å². The predicted molar refractivity (Wildman–Crippen MR) is 191 cm³/mol. The molecule has 49 heavy (non-hydrogen) atoms. The van der Waals surface area contributed by atoms with E-state index in [1.54, 1.807) is 49.4 Å². The minimum Gasteiger partial charge on any atom is -0.494 e. The third kappa shape index (κ3) is 9.38. The van der Waals surface area contributed by atoms with Crippen LogP contribution in [0.5, 0.6) is 17.2 Å². The summed E-state index contributed by atoms with van der Waals surface area (Å²) < 4.78 is 46.1. The van der Waals surface area contributed by atoms with E-state index in [-0.39, 0.29) is 29.3 Å². The van der Waals surface area contributed by atoms with Gasteiger partial charge in [-0.15, -0.1) is 0 Å². The van der Waals surface area contributed by atoms with Crippen LogP contribution in [0.4, 0.5) is 5.69 Å². The lowest BCUT2D eigenvalue weighted by molar-refractivity contribution is -0.140. The maximum Gasteiger partial charge on any atom is 0.264 e. The van der Waals surface area contributed by atoms with Crippen molar-refractivity contribution >= 4 is 50.7 Å². The Morgan fingerprint density at radius 2 is 1.55 bits per heavy atom. The van der Waals surface area contributed by atoms with Crippen LogP contribution in [-0.4, -0.2) is 65.1 Å². The molecule has 1 N–H and O–H groups in total. The van der Waals surface area contributed by atoms with Crippen LogP contribution in [-0.2, 0) is 32.6 Å². The van der Waals surface area contributed by atoms with Crippen LogP contribution in [0.25, 0.3) is 0 Å². The number of ether oxygens (including phenoxy) is 3. The van der Waals surface area contributed by atoms with Crippen LogP contribution in [0.1, 0.15) is 25.0 Å². The van der Waals surface area contributed by atoms with Gasteiger partial charge in [-0.1, -0.05) is 59.6 Å². The number of hydrogen-bond acceptors (Lipinski definition) is 7. The molecule has 0 heterocycles. The summed E-state index contributed by atoms with van der Waals surface area (Å²) in [7, 11) is -1.56. The number of rotatable bonds is 16. The molecule has 0 bridgehead atoms. The van der Waals surface area contributed by atoms with Gasteiger partial charge in [-0.3, -0.25) is 13.9 Å². The predicted octanol–water partition coefficient (Wildman–Crippen LogP) is 6.38. The molecule has 2 amide bonds. The lowest BCUT2D eigenvalue weighted by atomic mass is 10.0. The Labute approximate surface area is 297 Å². The van der Waals surface area contributed by atoms with E-state index in [1.165, 1.54) is 37.3 Å². The standard InChI is InChI=1S/C36H39Cl2N3O7S/c1-5-39-36(43)32(20-25-10-8-7-9-11-25)40(23-26-12-13-27(37)21-31(26)38)35(42)24-41(28-14-16-29(17-15-28)48-6-2)49(44,45)30-18-19-33(46-3)34(22-30)47-4/h7-19,21-22,32H,5-6,20,23-24H2,1-4H3,(H,39,43). The van der Waals surface area contributed by atoms with Gasteiger partial charge < -0.3 is 24.4 Å². The van der Waals surface area contributed by atoms with E-state index in [0.29, 0.717) is 40.3 Å². The molecule has 0 saturated heterocycles. The normalized spacial score (nSPS) is 11.7. The summed E-state index contributed by atoms with van der Waals surface area (Å²) in [4.78, 5) is 29.5. The van der Waals surface area contributed by atoms with Crippen molar-refractivity contribution in [1.82, 2.24) is 10.2 Å². The molecular weight excluding hydrogens is 689 g/mol. The topological polar surface area (TPSA) is 114 Å². The molecule has 4 rings (SSSR count). The van der Waals surface area contributed by atoms with E-state index in [1.807, 2.05) is 37.3 Å². The molecule has 260 valence electrons. The first kappa shape index (κ1) is 37.4. The molecule has 0 radical (unpaired) electrons. The van der Waals surface area contributed by atoms with Crippen molar-refractivity contribution in [2.45, 2.75) is 37.8 Å². The number of methoxy groups -OCH3 is 2. The second-order valence-corrected chi connectivity index (χ2v) is 13.5. The third-order valence-electron chi connectivity index (χ3n) is 7.64. The molecule has 1 atom stereocenters. The highest BCUT2D eigenvalue weighted by Gasteiger charge is 2.35. The molecule has 0 aliphatic heterocycles. The molecule has 0 spiro atoms. The van der Waals surface area contributed by atoms with Crippen molar-refractivity contribution in [3.63, 3.8) is 0 Å². The molecule has 0 aliphatic rings. The largest absolute Gasteiger partial charge is 0.494 e. The fourth-order valence-corrected chi connectivity index (χ4v) is 7.09. The highest BCUT2D eigenvalue weighted by atomic mass is 35.5. The Bertz CT molecular complexity index is 1840. The highest BCUT2D eigenvalue weighted by molar-refractivity contribution is 7.92. The Kier molecular flexibility index (Phi) is 13.2. The first-order valence-electron chi connectivity index (χ1n) is 15.5. The molecule has 0 aromatic heterocycles. The smallest absolute Gasteiger partial charge is 0.264 e. The average Bonchev–Trinajstić information content (AvgIpc) is 3.10. The molecule has 0 saturated carbocycles. The lowest BCUT2D eigenvalue weighted by Gasteiger charge is -2.34. The van der Waals surface area contributed by atoms with Crippen molar-refractivity contribution in [3.8, 4) is 17.2 Å². The number of halogens is 2.